The maximum atomic E-state index is 9.59. The topological polar surface area (TPSA) is 67.2 Å². The largest absolute Gasteiger partial charge is 0.497 e. The fourth-order valence-electron chi connectivity index (χ4n) is 2.53. The van der Waals surface area contributed by atoms with E-state index in [0.29, 0.717) is 17.1 Å². The molecule has 3 rings (SSSR count). The second-order valence-electron chi connectivity index (χ2n) is 5.33. The van der Waals surface area contributed by atoms with Crippen LogP contribution in [-0.2, 0) is 0 Å². The number of anilines is 2. The second-order valence-corrected chi connectivity index (χ2v) is 6.35. The number of pyridine rings is 1. The van der Waals surface area contributed by atoms with Gasteiger partial charge in [0.15, 0.2) is 0 Å². The Labute approximate surface area is 150 Å². The molecule has 0 aliphatic rings. The van der Waals surface area contributed by atoms with E-state index in [2.05, 4.69) is 16.4 Å². The van der Waals surface area contributed by atoms with E-state index in [1.54, 1.807) is 44.0 Å². The quantitative estimate of drug-likeness (QED) is 0.718. The molecule has 3 aromatic rings. The van der Waals surface area contributed by atoms with Gasteiger partial charge in [-0.25, -0.2) is 0 Å². The van der Waals surface area contributed by atoms with E-state index in [-0.39, 0.29) is 0 Å². The highest BCUT2D eigenvalue weighted by Gasteiger charge is 2.17. The lowest BCUT2D eigenvalue weighted by Crippen LogP contribution is -1.93. The van der Waals surface area contributed by atoms with Crippen molar-refractivity contribution in [3.63, 3.8) is 0 Å². The Morgan fingerprint density at radius 1 is 1.08 bits per heavy atom. The van der Waals surface area contributed by atoms with Crippen LogP contribution in [0.4, 0.5) is 10.7 Å². The lowest BCUT2D eigenvalue weighted by Gasteiger charge is -2.09. The van der Waals surface area contributed by atoms with Crippen LogP contribution in [-0.4, -0.2) is 19.2 Å². The standard InChI is InChI=1S/C19H17N3O2S/c1-12-17(11-20)19(25-18(12)13-4-6-21-7-5-13)22-14-8-15(23-2)10-16(9-14)24-3/h4-10,22H,1-3H3. The molecule has 0 saturated heterocycles. The highest BCUT2D eigenvalue weighted by atomic mass is 32.1. The number of rotatable bonds is 5. The lowest BCUT2D eigenvalue weighted by atomic mass is 10.1. The zero-order valence-corrected chi connectivity index (χ0v) is 15.0. The van der Waals surface area contributed by atoms with Crippen LogP contribution in [0, 0.1) is 18.3 Å². The molecule has 0 unspecified atom stereocenters. The molecule has 0 amide bonds. The molecule has 1 N–H and O–H groups in total. The molecule has 0 bridgehead atoms. The van der Waals surface area contributed by atoms with Crippen molar-refractivity contribution in [1.29, 1.82) is 5.26 Å². The summed E-state index contributed by atoms with van der Waals surface area (Å²) in [5, 5.41) is 13.7. The Bertz CT molecular complexity index is 908. The number of hydrogen-bond acceptors (Lipinski definition) is 6. The van der Waals surface area contributed by atoms with Crippen LogP contribution in [0.1, 0.15) is 11.1 Å². The number of ether oxygens (including phenoxy) is 2. The summed E-state index contributed by atoms with van der Waals surface area (Å²) in [6.45, 7) is 1.96. The fraction of sp³-hybridized carbons (Fsp3) is 0.158. The molecule has 25 heavy (non-hydrogen) atoms. The minimum Gasteiger partial charge on any atom is -0.497 e. The van der Waals surface area contributed by atoms with Crippen molar-refractivity contribution >= 4 is 22.0 Å². The van der Waals surface area contributed by atoms with Crippen LogP contribution in [0.2, 0.25) is 0 Å². The van der Waals surface area contributed by atoms with E-state index in [1.165, 1.54) is 0 Å². The van der Waals surface area contributed by atoms with Gasteiger partial charge >= 0.3 is 0 Å². The van der Waals surface area contributed by atoms with E-state index in [9.17, 15) is 5.26 Å². The summed E-state index contributed by atoms with van der Waals surface area (Å²) in [4.78, 5) is 5.10. The van der Waals surface area contributed by atoms with Crippen molar-refractivity contribution in [2.24, 2.45) is 0 Å². The fourth-order valence-corrected chi connectivity index (χ4v) is 3.71. The number of nitriles is 1. The van der Waals surface area contributed by atoms with Crippen molar-refractivity contribution in [1.82, 2.24) is 4.98 Å². The van der Waals surface area contributed by atoms with Gasteiger partial charge in [0.2, 0.25) is 0 Å². The third-order valence-electron chi connectivity index (χ3n) is 3.81. The first kappa shape index (κ1) is 16.8. The Kier molecular flexibility index (Phi) is 4.87. The van der Waals surface area contributed by atoms with Gasteiger partial charge in [0.25, 0.3) is 0 Å². The van der Waals surface area contributed by atoms with Gasteiger partial charge < -0.3 is 14.8 Å². The predicted octanol–water partition coefficient (Wildman–Crippen LogP) is 4.75. The van der Waals surface area contributed by atoms with Crippen LogP contribution in [0.25, 0.3) is 10.4 Å². The van der Waals surface area contributed by atoms with E-state index in [1.807, 2.05) is 31.2 Å². The molecule has 0 radical (unpaired) electrons. The summed E-state index contributed by atoms with van der Waals surface area (Å²) in [6, 6.07) is 11.7. The number of methoxy groups -OCH3 is 2. The maximum absolute atomic E-state index is 9.59. The van der Waals surface area contributed by atoms with E-state index < -0.39 is 0 Å². The summed E-state index contributed by atoms with van der Waals surface area (Å²) in [5.74, 6) is 1.37. The minimum absolute atomic E-state index is 0.638. The summed E-state index contributed by atoms with van der Waals surface area (Å²) in [6.07, 6.45) is 3.50. The van der Waals surface area contributed by atoms with Crippen molar-refractivity contribution < 1.29 is 9.47 Å². The minimum atomic E-state index is 0.638. The molecule has 2 aromatic heterocycles. The van der Waals surface area contributed by atoms with Gasteiger partial charge in [0.1, 0.15) is 22.6 Å². The Morgan fingerprint density at radius 2 is 1.72 bits per heavy atom. The molecule has 126 valence electrons. The third-order valence-corrected chi connectivity index (χ3v) is 5.07. The zero-order valence-electron chi connectivity index (χ0n) is 14.2. The number of benzene rings is 1. The van der Waals surface area contributed by atoms with Gasteiger partial charge in [-0.2, -0.15) is 5.26 Å². The SMILES string of the molecule is COc1cc(Nc2sc(-c3ccncc3)c(C)c2C#N)cc(OC)c1. The van der Waals surface area contributed by atoms with E-state index in [4.69, 9.17) is 9.47 Å². The highest BCUT2D eigenvalue weighted by Crippen LogP contribution is 2.41. The molecule has 0 aliphatic carbocycles. The van der Waals surface area contributed by atoms with Gasteiger partial charge in [0, 0.05) is 41.2 Å². The molecule has 5 nitrogen and oxygen atoms in total. The molecular weight excluding hydrogens is 334 g/mol. The lowest BCUT2D eigenvalue weighted by molar-refractivity contribution is 0.395. The Morgan fingerprint density at radius 3 is 2.28 bits per heavy atom. The van der Waals surface area contributed by atoms with Gasteiger partial charge in [0.05, 0.1) is 19.8 Å². The Hall–Kier alpha value is -3.04. The van der Waals surface area contributed by atoms with Crippen molar-refractivity contribution in [2.75, 3.05) is 19.5 Å². The van der Waals surface area contributed by atoms with Gasteiger partial charge in [-0.3, -0.25) is 4.98 Å². The van der Waals surface area contributed by atoms with Crippen molar-refractivity contribution in [3.8, 4) is 28.0 Å². The van der Waals surface area contributed by atoms with Crippen LogP contribution in [0.3, 0.4) is 0 Å². The average molecular weight is 351 g/mol. The van der Waals surface area contributed by atoms with Crippen LogP contribution < -0.4 is 14.8 Å². The number of nitrogens with one attached hydrogen (secondary N) is 1. The normalized spacial score (nSPS) is 10.2. The van der Waals surface area contributed by atoms with Crippen LogP contribution in [0.5, 0.6) is 11.5 Å². The second kappa shape index (κ2) is 7.24. The third kappa shape index (κ3) is 3.42. The first-order valence-electron chi connectivity index (χ1n) is 7.60. The first-order valence-corrected chi connectivity index (χ1v) is 8.42. The predicted molar refractivity (Wildman–Crippen MR) is 99.8 cm³/mol. The summed E-state index contributed by atoms with van der Waals surface area (Å²) in [7, 11) is 3.21. The number of nitrogens with zero attached hydrogens (tertiary/aromatic N) is 2. The monoisotopic (exact) mass is 351 g/mol. The summed E-state index contributed by atoms with van der Waals surface area (Å²) in [5.41, 5.74) is 3.44. The first-order chi connectivity index (χ1) is 12.2. The van der Waals surface area contributed by atoms with Crippen molar-refractivity contribution in [3.05, 3.63) is 53.9 Å². The number of thiophene rings is 1. The van der Waals surface area contributed by atoms with E-state index in [0.717, 1.165) is 26.7 Å². The van der Waals surface area contributed by atoms with Gasteiger partial charge in [-0.05, 0) is 30.2 Å². The molecular formula is C19H17N3O2S. The van der Waals surface area contributed by atoms with Crippen molar-refractivity contribution in [2.45, 2.75) is 6.92 Å². The molecule has 0 atom stereocenters. The van der Waals surface area contributed by atoms with Crippen LogP contribution in [0.15, 0.2) is 42.7 Å². The smallest absolute Gasteiger partial charge is 0.124 e. The Balaban J connectivity index is 2.03. The average Bonchev–Trinajstić information content (AvgIpc) is 2.97. The van der Waals surface area contributed by atoms with Gasteiger partial charge in [-0.15, -0.1) is 11.3 Å². The molecule has 0 fully saturated rings. The number of aromatic nitrogens is 1. The molecule has 0 saturated carbocycles. The summed E-state index contributed by atoms with van der Waals surface area (Å²) >= 11 is 1.54. The molecule has 0 spiro atoms. The molecule has 2 heterocycles. The summed E-state index contributed by atoms with van der Waals surface area (Å²) < 4.78 is 10.6. The van der Waals surface area contributed by atoms with Crippen LogP contribution >= 0.6 is 11.3 Å². The molecule has 6 heteroatoms. The zero-order chi connectivity index (χ0) is 17.8. The number of hydrogen-bond donors (Lipinski definition) is 1. The maximum Gasteiger partial charge on any atom is 0.124 e. The van der Waals surface area contributed by atoms with E-state index >= 15 is 0 Å². The van der Waals surface area contributed by atoms with Gasteiger partial charge in [-0.1, -0.05) is 0 Å². The molecule has 0 aliphatic heterocycles. The molecule has 1 aromatic carbocycles. The highest BCUT2D eigenvalue weighted by molar-refractivity contribution is 7.20.